The number of ether oxygens (including phenoxy) is 1. The normalized spacial score (nSPS) is 23.0. The smallest absolute Gasteiger partial charge is 0.141 e. The Kier molecular flexibility index (Phi) is 3.47. The molecular weight excluding hydrogens is 277 g/mol. The molecule has 0 amide bonds. The van der Waals surface area contributed by atoms with E-state index in [1.165, 1.54) is 13.2 Å². The third-order valence-corrected chi connectivity index (χ3v) is 3.32. The van der Waals surface area contributed by atoms with E-state index in [1.54, 1.807) is 6.07 Å². The molecule has 1 N–H and O–H groups in total. The van der Waals surface area contributed by atoms with Crippen molar-refractivity contribution in [2.45, 2.75) is 25.5 Å². The predicted octanol–water partition coefficient (Wildman–Crippen LogP) is 2.95. The van der Waals surface area contributed by atoms with Gasteiger partial charge in [-0.1, -0.05) is 6.92 Å². The van der Waals surface area contributed by atoms with Gasteiger partial charge >= 0.3 is 0 Å². The van der Waals surface area contributed by atoms with Gasteiger partial charge in [0.25, 0.3) is 0 Å². The zero-order valence-electron chi connectivity index (χ0n) is 9.09. The Morgan fingerprint density at radius 3 is 2.94 bits per heavy atom. The van der Waals surface area contributed by atoms with E-state index in [-0.39, 0.29) is 18.0 Å². The maximum absolute atomic E-state index is 13.8. The van der Waals surface area contributed by atoms with Crippen LogP contribution in [0.25, 0.3) is 0 Å². The predicted molar refractivity (Wildman–Crippen MR) is 61.7 cm³/mol. The molecule has 2 rings (SSSR count). The topological polar surface area (TPSA) is 30.5 Å². The molecule has 3 nitrogen and oxygen atoms in total. The van der Waals surface area contributed by atoms with E-state index in [0.717, 1.165) is 10.9 Å². The number of halogens is 2. The van der Waals surface area contributed by atoms with Crippen molar-refractivity contribution in [3.8, 4) is 5.75 Å². The molecule has 2 atom stereocenters. The average molecular weight is 290 g/mol. The average Bonchev–Trinajstić information content (AvgIpc) is 2.64. The van der Waals surface area contributed by atoms with E-state index in [0.29, 0.717) is 11.3 Å². The lowest BCUT2D eigenvalue weighted by Gasteiger charge is -2.17. The number of benzene rings is 1. The highest BCUT2D eigenvalue weighted by Crippen LogP contribution is 2.43. The van der Waals surface area contributed by atoms with Gasteiger partial charge in [-0.05, 0) is 34.5 Å². The minimum absolute atomic E-state index is 0.108. The fourth-order valence-corrected chi connectivity index (χ4v) is 2.38. The van der Waals surface area contributed by atoms with Crippen LogP contribution in [0, 0.1) is 5.82 Å². The number of nitrogens with one attached hydrogen (secondary N) is 1. The van der Waals surface area contributed by atoms with Gasteiger partial charge in [-0.15, -0.1) is 0 Å². The quantitative estimate of drug-likeness (QED) is 0.868. The molecule has 1 aliphatic heterocycles. The fraction of sp³-hybridized carbons (Fsp3) is 0.455. The minimum Gasteiger partial charge on any atom is -0.487 e. The van der Waals surface area contributed by atoms with Crippen LogP contribution in [0.5, 0.6) is 5.75 Å². The maximum Gasteiger partial charge on any atom is 0.141 e. The van der Waals surface area contributed by atoms with Gasteiger partial charge in [-0.2, -0.15) is 5.48 Å². The first-order chi connectivity index (χ1) is 7.69. The van der Waals surface area contributed by atoms with Crippen LogP contribution in [0.1, 0.15) is 24.9 Å². The second-order valence-corrected chi connectivity index (χ2v) is 4.49. The van der Waals surface area contributed by atoms with Crippen LogP contribution in [-0.2, 0) is 4.84 Å². The Morgan fingerprint density at radius 2 is 2.31 bits per heavy atom. The molecule has 2 unspecified atom stereocenters. The third-order valence-electron chi connectivity index (χ3n) is 2.69. The molecule has 16 heavy (non-hydrogen) atoms. The summed E-state index contributed by atoms with van der Waals surface area (Å²) in [5.41, 5.74) is 3.31. The molecule has 0 aliphatic carbocycles. The summed E-state index contributed by atoms with van der Waals surface area (Å²) >= 11 is 3.36. The number of fused-ring (bicyclic) bond motifs is 1. The van der Waals surface area contributed by atoms with Crippen molar-refractivity contribution in [2.24, 2.45) is 0 Å². The summed E-state index contributed by atoms with van der Waals surface area (Å²) in [6, 6.07) is 2.81. The molecule has 0 spiro atoms. The van der Waals surface area contributed by atoms with Gasteiger partial charge < -0.3 is 9.57 Å². The third kappa shape index (κ3) is 1.83. The molecule has 5 heteroatoms. The second kappa shape index (κ2) is 4.69. The Hall–Kier alpha value is -0.650. The minimum atomic E-state index is -0.274. The van der Waals surface area contributed by atoms with E-state index in [2.05, 4.69) is 21.4 Å². The molecule has 0 aromatic heterocycles. The van der Waals surface area contributed by atoms with E-state index >= 15 is 0 Å². The van der Waals surface area contributed by atoms with Crippen LogP contribution < -0.4 is 10.2 Å². The van der Waals surface area contributed by atoms with Crippen molar-refractivity contribution >= 4 is 15.9 Å². The highest BCUT2D eigenvalue weighted by Gasteiger charge is 2.37. The van der Waals surface area contributed by atoms with E-state index in [9.17, 15) is 4.39 Å². The Balaban J connectivity index is 2.45. The summed E-state index contributed by atoms with van der Waals surface area (Å²) in [6.07, 6.45) is 0.671. The van der Waals surface area contributed by atoms with Crippen LogP contribution >= 0.6 is 15.9 Å². The largest absolute Gasteiger partial charge is 0.487 e. The summed E-state index contributed by atoms with van der Waals surface area (Å²) in [6.45, 7) is 1.99. The van der Waals surface area contributed by atoms with Crippen molar-refractivity contribution < 1.29 is 14.0 Å². The molecule has 1 aromatic carbocycles. The van der Waals surface area contributed by atoms with Crippen molar-refractivity contribution in [2.75, 3.05) is 7.11 Å². The van der Waals surface area contributed by atoms with E-state index < -0.39 is 0 Å². The monoisotopic (exact) mass is 289 g/mol. The summed E-state index contributed by atoms with van der Waals surface area (Å²) < 4.78 is 20.2. The van der Waals surface area contributed by atoms with Gasteiger partial charge in [-0.25, -0.2) is 4.39 Å². The van der Waals surface area contributed by atoms with Gasteiger partial charge in [0.05, 0.1) is 17.1 Å². The van der Waals surface area contributed by atoms with Gasteiger partial charge in [-0.3, -0.25) is 0 Å². The molecule has 1 aromatic rings. The second-order valence-electron chi connectivity index (χ2n) is 3.64. The highest BCUT2D eigenvalue weighted by atomic mass is 79.9. The lowest BCUT2D eigenvalue weighted by Crippen LogP contribution is -2.30. The Morgan fingerprint density at radius 1 is 1.56 bits per heavy atom. The van der Waals surface area contributed by atoms with Gasteiger partial charge in [0.2, 0.25) is 0 Å². The van der Waals surface area contributed by atoms with Crippen molar-refractivity contribution in [1.82, 2.24) is 5.48 Å². The molecule has 0 radical (unpaired) electrons. The molecule has 0 bridgehead atoms. The van der Waals surface area contributed by atoms with Crippen molar-refractivity contribution in [3.05, 3.63) is 28.0 Å². The standard InChI is InChI=1S/C11H13BrFNO2/c1-3-8-10(14-15-2)9-7(13)5-4-6(12)11(9)16-8/h4-5,8,10,14H,3H2,1-2H3. The fourth-order valence-electron chi connectivity index (χ4n) is 1.94. The van der Waals surface area contributed by atoms with E-state index in [1.807, 2.05) is 6.92 Å². The zero-order chi connectivity index (χ0) is 11.7. The summed E-state index contributed by atoms with van der Waals surface area (Å²) in [5.74, 6) is 0.296. The molecule has 1 aliphatic rings. The SMILES string of the molecule is CCC1Oc2c(Br)ccc(F)c2C1NOC. The van der Waals surface area contributed by atoms with Crippen LogP contribution in [-0.4, -0.2) is 13.2 Å². The summed E-state index contributed by atoms with van der Waals surface area (Å²) in [4.78, 5) is 4.90. The first-order valence-corrected chi connectivity index (χ1v) is 5.91. The van der Waals surface area contributed by atoms with Crippen LogP contribution in [0.3, 0.4) is 0 Å². The van der Waals surface area contributed by atoms with Gasteiger partial charge in [0.1, 0.15) is 23.7 Å². The van der Waals surface area contributed by atoms with Gasteiger partial charge in [0.15, 0.2) is 0 Å². The highest BCUT2D eigenvalue weighted by molar-refractivity contribution is 9.10. The molecule has 1 heterocycles. The lowest BCUT2D eigenvalue weighted by atomic mass is 10.0. The molecule has 0 fully saturated rings. The Labute approximate surface area is 102 Å². The number of hydrogen-bond donors (Lipinski definition) is 1. The summed E-state index contributed by atoms with van der Waals surface area (Å²) in [5, 5.41) is 0. The lowest BCUT2D eigenvalue weighted by molar-refractivity contribution is 0.0275. The molecule has 0 saturated heterocycles. The zero-order valence-corrected chi connectivity index (χ0v) is 10.7. The number of rotatable bonds is 3. The van der Waals surface area contributed by atoms with Crippen LogP contribution in [0.2, 0.25) is 0 Å². The first kappa shape index (κ1) is 11.8. The maximum atomic E-state index is 13.8. The summed E-state index contributed by atoms with van der Waals surface area (Å²) in [7, 11) is 1.51. The van der Waals surface area contributed by atoms with Gasteiger partial charge in [0, 0.05) is 0 Å². The van der Waals surface area contributed by atoms with Crippen molar-refractivity contribution in [1.29, 1.82) is 0 Å². The Bertz CT molecular complexity index is 400. The van der Waals surface area contributed by atoms with Crippen molar-refractivity contribution in [3.63, 3.8) is 0 Å². The van der Waals surface area contributed by atoms with Crippen LogP contribution in [0.4, 0.5) is 4.39 Å². The molecule has 0 saturated carbocycles. The molecule has 88 valence electrons. The number of hydroxylamine groups is 1. The number of hydrogen-bond acceptors (Lipinski definition) is 3. The van der Waals surface area contributed by atoms with Crippen LogP contribution in [0.15, 0.2) is 16.6 Å². The van der Waals surface area contributed by atoms with E-state index in [4.69, 9.17) is 9.57 Å². The molecular formula is C11H13BrFNO2. The first-order valence-electron chi connectivity index (χ1n) is 5.12.